The van der Waals surface area contributed by atoms with E-state index in [9.17, 15) is 9.59 Å². The average Bonchev–Trinajstić information content (AvgIpc) is 3.14. The van der Waals surface area contributed by atoms with Gasteiger partial charge in [-0.05, 0) is 23.8 Å². The molecule has 6 nitrogen and oxygen atoms in total. The molecular formula is C20H17Cl2N3O3S. The van der Waals surface area contributed by atoms with Crippen molar-refractivity contribution in [3.05, 3.63) is 63.5 Å². The van der Waals surface area contributed by atoms with Crippen molar-refractivity contribution in [3.8, 4) is 17.0 Å². The van der Waals surface area contributed by atoms with Crippen molar-refractivity contribution in [2.75, 3.05) is 11.9 Å². The lowest BCUT2D eigenvalue weighted by molar-refractivity contribution is -0.119. The van der Waals surface area contributed by atoms with E-state index in [-0.39, 0.29) is 18.4 Å². The monoisotopic (exact) mass is 449 g/mol. The van der Waals surface area contributed by atoms with Gasteiger partial charge in [0.05, 0.1) is 10.7 Å². The minimum atomic E-state index is -0.345. The third-order valence-corrected chi connectivity index (χ3v) is 5.08. The smallest absolute Gasteiger partial charge is 0.264 e. The van der Waals surface area contributed by atoms with Crippen LogP contribution in [0.2, 0.25) is 10.0 Å². The fourth-order valence-electron chi connectivity index (χ4n) is 2.37. The molecule has 3 rings (SSSR count). The fourth-order valence-corrected chi connectivity index (χ4v) is 3.57. The van der Waals surface area contributed by atoms with Crippen LogP contribution in [-0.4, -0.2) is 23.4 Å². The summed E-state index contributed by atoms with van der Waals surface area (Å²) >= 11 is 13.2. The van der Waals surface area contributed by atoms with Gasteiger partial charge in [0, 0.05) is 29.4 Å². The van der Waals surface area contributed by atoms with Crippen LogP contribution in [0, 0.1) is 0 Å². The molecule has 2 aromatic carbocycles. The number of hydrogen-bond acceptors (Lipinski definition) is 5. The molecule has 0 atom stereocenters. The van der Waals surface area contributed by atoms with Crippen molar-refractivity contribution in [1.29, 1.82) is 0 Å². The molecule has 3 aromatic rings. The lowest BCUT2D eigenvalue weighted by Gasteiger charge is -2.07. The van der Waals surface area contributed by atoms with Gasteiger partial charge in [-0.2, -0.15) is 0 Å². The largest absolute Gasteiger partial charge is 0.482 e. The van der Waals surface area contributed by atoms with Crippen molar-refractivity contribution < 1.29 is 14.3 Å². The molecule has 1 aromatic heterocycles. The van der Waals surface area contributed by atoms with Crippen molar-refractivity contribution in [2.24, 2.45) is 0 Å². The molecule has 0 aliphatic rings. The van der Waals surface area contributed by atoms with Crippen molar-refractivity contribution >= 4 is 51.5 Å². The Hall–Kier alpha value is -2.61. The highest BCUT2D eigenvalue weighted by molar-refractivity contribution is 7.14. The molecule has 0 fully saturated rings. The van der Waals surface area contributed by atoms with E-state index in [1.807, 2.05) is 29.6 Å². The lowest BCUT2D eigenvalue weighted by atomic mass is 10.1. The Kier molecular flexibility index (Phi) is 7.09. The maximum atomic E-state index is 12.1. The Bertz CT molecular complexity index is 1020. The third kappa shape index (κ3) is 6.19. The Morgan fingerprint density at radius 2 is 1.90 bits per heavy atom. The normalized spacial score (nSPS) is 10.4. The molecule has 0 radical (unpaired) electrons. The van der Waals surface area contributed by atoms with E-state index in [1.54, 1.807) is 18.2 Å². The van der Waals surface area contributed by atoms with E-state index in [4.69, 9.17) is 27.9 Å². The molecule has 0 unspecified atom stereocenters. The van der Waals surface area contributed by atoms with E-state index in [0.29, 0.717) is 27.5 Å². The van der Waals surface area contributed by atoms with Gasteiger partial charge >= 0.3 is 0 Å². The summed E-state index contributed by atoms with van der Waals surface area (Å²) in [7, 11) is 0. The fraction of sp³-hybridized carbons (Fsp3) is 0.150. The molecule has 0 saturated carbocycles. The summed E-state index contributed by atoms with van der Waals surface area (Å²) in [5.41, 5.74) is 2.65. The summed E-state index contributed by atoms with van der Waals surface area (Å²) in [5.74, 6) is -0.0377. The van der Waals surface area contributed by atoms with Crippen LogP contribution >= 0.6 is 34.5 Å². The number of carbonyl (C=O) groups is 2. The zero-order chi connectivity index (χ0) is 20.8. The summed E-state index contributed by atoms with van der Waals surface area (Å²) in [6, 6.07) is 12.5. The molecule has 150 valence electrons. The number of anilines is 1. The van der Waals surface area contributed by atoms with Crippen LogP contribution in [0.25, 0.3) is 11.3 Å². The van der Waals surface area contributed by atoms with Gasteiger partial charge in [0.25, 0.3) is 5.91 Å². The number of rotatable bonds is 7. The first-order chi connectivity index (χ1) is 13.9. The zero-order valence-corrected chi connectivity index (χ0v) is 17.7. The van der Waals surface area contributed by atoms with E-state index in [1.165, 1.54) is 18.3 Å². The SMILES string of the molecule is CC(=O)NCc1ccc(-c2csc(NC(=O)COc3ccc(Cl)cc3Cl)n2)cc1. The van der Waals surface area contributed by atoms with E-state index < -0.39 is 0 Å². The predicted molar refractivity (Wildman–Crippen MR) is 116 cm³/mol. The third-order valence-electron chi connectivity index (χ3n) is 3.79. The number of ether oxygens (including phenoxy) is 1. The highest BCUT2D eigenvalue weighted by Gasteiger charge is 2.10. The van der Waals surface area contributed by atoms with Crippen molar-refractivity contribution in [3.63, 3.8) is 0 Å². The molecule has 2 N–H and O–H groups in total. The Labute approximate surface area is 181 Å². The summed E-state index contributed by atoms with van der Waals surface area (Å²) < 4.78 is 5.41. The minimum Gasteiger partial charge on any atom is -0.482 e. The van der Waals surface area contributed by atoms with Crippen LogP contribution in [0.5, 0.6) is 5.75 Å². The molecular weight excluding hydrogens is 433 g/mol. The molecule has 0 aliphatic heterocycles. The second kappa shape index (κ2) is 9.73. The number of nitrogens with zero attached hydrogens (tertiary/aromatic N) is 1. The minimum absolute atomic E-state index is 0.0729. The molecule has 0 saturated heterocycles. The number of halogens is 2. The Morgan fingerprint density at radius 1 is 1.14 bits per heavy atom. The van der Waals surface area contributed by atoms with Crippen LogP contribution in [-0.2, 0) is 16.1 Å². The predicted octanol–water partition coefficient (Wildman–Crippen LogP) is 4.77. The van der Waals surface area contributed by atoms with Gasteiger partial charge in [-0.15, -0.1) is 11.3 Å². The molecule has 1 heterocycles. The van der Waals surface area contributed by atoms with Gasteiger partial charge < -0.3 is 10.1 Å². The Morgan fingerprint density at radius 3 is 2.59 bits per heavy atom. The number of thiazole rings is 1. The number of nitrogens with one attached hydrogen (secondary N) is 2. The highest BCUT2D eigenvalue weighted by Crippen LogP contribution is 2.28. The summed E-state index contributed by atoms with van der Waals surface area (Å²) in [6.07, 6.45) is 0. The summed E-state index contributed by atoms with van der Waals surface area (Å²) in [4.78, 5) is 27.5. The topological polar surface area (TPSA) is 80.3 Å². The maximum Gasteiger partial charge on any atom is 0.264 e. The molecule has 2 amide bonds. The van der Waals surface area contributed by atoms with Crippen LogP contribution < -0.4 is 15.4 Å². The van der Waals surface area contributed by atoms with E-state index in [0.717, 1.165) is 16.8 Å². The zero-order valence-electron chi connectivity index (χ0n) is 15.4. The van der Waals surface area contributed by atoms with Crippen LogP contribution in [0.1, 0.15) is 12.5 Å². The van der Waals surface area contributed by atoms with Gasteiger partial charge in [0.15, 0.2) is 11.7 Å². The number of hydrogen-bond donors (Lipinski definition) is 2. The lowest BCUT2D eigenvalue weighted by Crippen LogP contribution is -2.20. The maximum absolute atomic E-state index is 12.1. The molecule has 9 heteroatoms. The first-order valence-corrected chi connectivity index (χ1v) is 10.2. The second-order valence-electron chi connectivity index (χ2n) is 6.06. The molecule has 0 spiro atoms. The Balaban J connectivity index is 1.55. The molecule has 0 aliphatic carbocycles. The van der Waals surface area contributed by atoms with Gasteiger partial charge in [0.2, 0.25) is 5.91 Å². The van der Waals surface area contributed by atoms with Crippen LogP contribution in [0.3, 0.4) is 0 Å². The number of benzene rings is 2. The van der Waals surface area contributed by atoms with Gasteiger partial charge in [0.1, 0.15) is 5.75 Å². The number of carbonyl (C=O) groups excluding carboxylic acids is 2. The van der Waals surface area contributed by atoms with E-state index >= 15 is 0 Å². The number of aromatic nitrogens is 1. The van der Waals surface area contributed by atoms with E-state index in [2.05, 4.69) is 15.6 Å². The molecule has 29 heavy (non-hydrogen) atoms. The average molecular weight is 450 g/mol. The van der Waals surface area contributed by atoms with Gasteiger partial charge in [-0.3, -0.25) is 14.9 Å². The van der Waals surface area contributed by atoms with Crippen LogP contribution in [0.4, 0.5) is 5.13 Å². The molecule has 0 bridgehead atoms. The quantitative estimate of drug-likeness (QED) is 0.544. The van der Waals surface area contributed by atoms with Crippen LogP contribution in [0.15, 0.2) is 47.8 Å². The summed E-state index contributed by atoms with van der Waals surface area (Å²) in [5, 5.41) is 8.61. The number of amides is 2. The van der Waals surface area contributed by atoms with Gasteiger partial charge in [-0.1, -0.05) is 47.5 Å². The van der Waals surface area contributed by atoms with Crippen molar-refractivity contribution in [1.82, 2.24) is 10.3 Å². The first-order valence-electron chi connectivity index (χ1n) is 8.57. The summed E-state index contributed by atoms with van der Waals surface area (Å²) in [6.45, 7) is 1.76. The van der Waals surface area contributed by atoms with Crippen molar-refractivity contribution in [2.45, 2.75) is 13.5 Å². The standard InChI is InChI=1S/C20H17Cl2N3O3S/c1-12(26)23-9-13-2-4-14(5-3-13)17-11-29-20(24-17)25-19(27)10-28-18-7-6-15(21)8-16(18)22/h2-8,11H,9-10H2,1H3,(H,23,26)(H,24,25,27). The first kappa shape index (κ1) is 21.1. The highest BCUT2D eigenvalue weighted by atomic mass is 35.5. The van der Waals surface area contributed by atoms with Gasteiger partial charge in [-0.25, -0.2) is 4.98 Å². The second-order valence-corrected chi connectivity index (χ2v) is 7.76.